The molecular weight excluding hydrogens is 240 g/mol. The van der Waals surface area contributed by atoms with Crippen molar-refractivity contribution in [3.63, 3.8) is 0 Å². The van der Waals surface area contributed by atoms with E-state index in [1.165, 1.54) is 6.42 Å². The number of piperidine rings is 1. The monoisotopic (exact) mass is 261 g/mol. The summed E-state index contributed by atoms with van der Waals surface area (Å²) in [5, 5.41) is 6.02. The zero-order valence-electron chi connectivity index (χ0n) is 11.1. The number of nitrogens with one attached hydrogen (secondary N) is 2. The molecule has 0 spiro atoms. The quantitative estimate of drug-likeness (QED) is 0.801. The van der Waals surface area contributed by atoms with Crippen molar-refractivity contribution in [2.24, 2.45) is 5.92 Å². The van der Waals surface area contributed by atoms with E-state index in [0.29, 0.717) is 19.1 Å². The lowest BCUT2D eigenvalue weighted by Crippen LogP contribution is -2.29. The van der Waals surface area contributed by atoms with Crippen molar-refractivity contribution < 1.29 is 9.53 Å². The van der Waals surface area contributed by atoms with Gasteiger partial charge in [-0.15, -0.1) is 0 Å². The Morgan fingerprint density at radius 3 is 3.00 bits per heavy atom. The molecule has 4 nitrogen and oxygen atoms in total. The van der Waals surface area contributed by atoms with Crippen LogP contribution in [0, 0.1) is 12.5 Å². The summed E-state index contributed by atoms with van der Waals surface area (Å²) in [6, 6.07) is 9.70. The number of benzene rings is 1. The van der Waals surface area contributed by atoms with Crippen LogP contribution < -0.4 is 10.6 Å². The third-order valence-electron chi connectivity index (χ3n) is 3.33. The molecule has 0 aromatic heterocycles. The molecular formula is C15H21N2O2-. The van der Waals surface area contributed by atoms with Gasteiger partial charge in [0, 0.05) is 6.54 Å². The Hall–Kier alpha value is -1.55. The molecule has 1 unspecified atom stereocenters. The van der Waals surface area contributed by atoms with Crippen LogP contribution in [0.2, 0.25) is 0 Å². The highest BCUT2D eigenvalue weighted by Crippen LogP contribution is 2.16. The number of rotatable bonds is 5. The molecule has 0 bridgehead atoms. The second-order valence-corrected chi connectivity index (χ2v) is 4.83. The highest BCUT2D eigenvalue weighted by atomic mass is 16.5. The minimum atomic E-state index is -0.332. The van der Waals surface area contributed by atoms with Gasteiger partial charge in [-0.05, 0) is 24.9 Å². The summed E-state index contributed by atoms with van der Waals surface area (Å²) in [6.45, 7) is 4.17. The number of alkyl carbamates (subject to hydrolysis) is 1. The van der Waals surface area contributed by atoms with Crippen LogP contribution in [-0.4, -0.2) is 19.2 Å². The molecule has 1 aromatic carbocycles. The molecule has 1 aromatic rings. The first-order chi connectivity index (χ1) is 9.34. The van der Waals surface area contributed by atoms with E-state index < -0.39 is 0 Å². The van der Waals surface area contributed by atoms with Crippen molar-refractivity contribution in [1.29, 1.82) is 0 Å². The van der Waals surface area contributed by atoms with E-state index in [1.54, 1.807) is 0 Å². The van der Waals surface area contributed by atoms with Gasteiger partial charge in [0.2, 0.25) is 0 Å². The largest absolute Gasteiger partial charge is 0.470 e. The van der Waals surface area contributed by atoms with Gasteiger partial charge in [0.05, 0.1) is 0 Å². The predicted molar refractivity (Wildman–Crippen MR) is 74.3 cm³/mol. The second kappa shape index (κ2) is 7.79. The highest BCUT2D eigenvalue weighted by molar-refractivity contribution is 5.67. The fraction of sp³-hybridized carbons (Fsp3) is 0.467. The molecule has 2 rings (SSSR count). The summed E-state index contributed by atoms with van der Waals surface area (Å²) in [4.78, 5) is 11.5. The highest BCUT2D eigenvalue weighted by Gasteiger charge is 2.08. The molecule has 0 aliphatic carbocycles. The van der Waals surface area contributed by atoms with Gasteiger partial charge in [-0.1, -0.05) is 36.2 Å². The topological polar surface area (TPSA) is 50.4 Å². The normalized spacial score (nSPS) is 18.8. The van der Waals surface area contributed by atoms with Crippen LogP contribution in [0.25, 0.3) is 0 Å². The molecule has 1 aliphatic heterocycles. The predicted octanol–water partition coefficient (Wildman–Crippen LogP) is 2.46. The van der Waals surface area contributed by atoms with Crippen LogP contribution in [0.5, 0.6) is 0 Å². The van der Waals surface area contributed by atoms with Gasteiger partial charge in [0.15, 0.2) is 0 Å². The van der Waals surface area contributed by atoms with E-state index in [1.807, 2.05) is 30.3 Å². The van der Waals surface area contributed by atoms with Gasteiger partial charge in [-0.2, -0.15) is 6.42 Å². The Bertz CT molecular complexity index is 375. The van der Waals surface area contributed by atoms with E-state index in [4.69, 9.17) is 4.74 Å². The SMILES string of the molecule is O=C(NCCC1C[CH-]NCC1)OCc1ccccc1. The first-order valence-corrected chi connectivity index (χ1v) is 6.84. The maximum absolute atomic E-state index is 11.5. The van der Waals surface area contributed by atoms with E-state index in [2.05, 4.69) is 17.2 Å². The Morgan fingerprint density at radius 1 is 1.42 bits per heavy atom. The number of amides is 1. The maximum atomic E-state index is 11.5. The molecule has 2 N–H and O–H groups in total. The van der Waals surface area contributed by atoms with Crippen molar-refractivity contribution in [2.45, 2.75) is 25.9 Å². The number of carbonyl (C=O) groups is 1. The number of hydrogen-bond acceptors (Lipinski definition) is 3. The van der Waals surface area contributed by atoms with Crippen molar-refractivity contribution in [3.05, 3.63) is 42.4 Å². The van der Waals surface area contributed by atoms with Crippen LogP contribution in [-0.2, 0) is 11.3 Å². The third-order valence-corrected chi connectivity index (χ3v) is 3.33. The van der Waals surface area contributed by atoms with Crippen molar-refractivity contribution in [1.82, 2.24) is 10.6 Å². The van der Waals surface area contributed by atoms with Crippen molar-refractivity contribution in [2.75, 3.05) is 13.1 Å². The van der Waals surface area contributed by atoms with Crippen LogP contribution in [0.1, 0.15) is 24.8 Å². The minimum Gasteiger partial charge on any atom is -0.470 e. The lowest BCUT2D eigenvalue weighted by Gasteiger charge is -2.30. The first kappa shape index (κ1) is 13.9. The molecule has 1 amide bonds. The Balaban J connectivity index is 1.57. The Morgan fingerprint density at radius 2 is 2.26 bits per heavy atom. The molecule has 1 heterocycles. The fourth-order valence-electron chi connectivity index (χ4n) is 2.17. The average molecular weight is 261 g/mol. The van der Waals surface area contributed by atoms with Crippen LogP contribution in [0.15, 0.2) is 30.3 Å². The fourth-order valence-corrected chi connectivity index (χ4v) is 2.17. The summed E-state index contributed by atoms with van der Waals surface area (Å²) in [6.07, 6.45) is 2.94. The van der Waals surface area contributed by atoms with Gasteiger partial charge < -0.3 is 15.4 Å². The molecule has 0 saturated carbocycles. The van der Waals surface area contributed by atoms with Gasteiger partial charge in [-0.25, -0.2) is 4.79 Å². The van der Waals surface area contributed by atoms with E-state index in [-0.39, 0.29) is 6.09 Å². The zero-order valence-corrected chi connectivity index (χ0v) is 11.1. The lowest BCUT2D eigenvalue weighted by molar-refractivity contribution is 0.139. The van der Waals surface area contributed by atoms with Crippen LogP contribution in [0.3, 0.4) is 0 Å². The minimum absolute atomic E-state index is 0.327. The summed E-state index contributed by atoms with van der Waals surface area (Å²) in [5.41, 5.74) is 1.01. The van der Waals surface area contributed by atoms with Gasteiger partial charge in [0.25, 0.3) is 0 Å². The zero-order chi connectivity index (χ0) is 13.3. The van der Waals surface area contributed by atoms with E-state index in [0.717, 1.165) is 24.9 Å². The molecule has 0 radical (unpaired) electrons. The van der Waals surface area contributed by atoms with Gasteiger partial charge >= 0.3 is 6.09 Å². The Kier molecular flexibility index (Phi) is 5.69. The molecule has 1 saturated heterocycles. The maximum Gasteiger partial charge on any atom is 0.407 e. The van der Waals surface area contributed by atoms with Gasteiger partial charge in [-0.3, -0.25) is 6.54 Å². The average Bonchev–Trinajstić information content (AvgIpc) is 2.47. The number of carbonyl (C=O) groups excluding carboxylic acids is 1. The smallest absolute Gasteiger partial charge is 0.407 e. The summed E-state index contributed by atoms with van der Waals surface area (Å²) in [5.74, 6) is 0.677. The molecule has 1 aliphatic rings. The van der Waals surface area contributed by atoms with Crippen LogP contribution in [0.4, 0.5) is 4.79 Å². The Labute approximate surface area is 114 Å². The standard InChI is InChI=1S/C15H21N2O2/c18-15(19-12-14-4-2-1-3-5-14)17-11-8-13-6-9-16-10-7-13/h1-5,9,13,16H,6-8,10-12H2,(H,17,18)/q-1. The van der Waals surface area contributed by atoms with Crippen molar-refractivity contribution >= 4 is 6.09 Å². The number of ether oxygens (including phenoxy) is 1. The first-order valence-electron chi connectivity index (χ1n) is 6.84. The lowest BCUT2D eigenvalue weighted by atomic mass is 9.95. The summed E-state index contributed by atoms with van der Waals surface area (Å²) >= 11 is 0. The van der Waals surface area contributed by atoms with Crippen molar-refractivity contribution in [3.8, 4) is 0 Å². The second-order valence-electron chi connectivity index (χ2n) is 4.83. The molecule has 19 heavy (non-hydrogen) atoms. The molecule has 1 atom stereocenters. The molecule has 1 fully saturated rings. The van der Waals surface area contributed by atoms with Gasteiger partial charge in [0.1, 0.15) is 6.61 Å². The molecule has 104 valence electrons. The van der Waals surface area contributed by atoms with E-state index >= 15 is 0 Å². The summed E-state index contributed by atoms with van der Waals surface area (Å²) < 4.78 is 5.15. The van der Waals surface area contributed by atoms with Crippen LogP contribution >= 0.6 is 0 Å². The number of hydrogen-bond donors (Lipinski definition) is 2. The molecule has 4 heteroatoms. The van der Waals surface area contributed by atoms with E-state index in [9.17, 15) is 4.79 Å². The summed E-state index contributed by atoms with van der Waals surface area (Å²) in [7, 11) is 0. The third kappa shape index (κ3) is 5.30.